The van der Waals surface area contributed by atoms with Gasteiger partial charge in [-0.05, 0) is 18.2 Å². The molecule has 0 bridgehead atoms. The molecule has 2 heterocycles. The highest BCUT2D eigenvalue weighted by molar-refractivity contribution is 6.31. The van der Waals surface area contributed by atoms with E-state index in [2.05, 4.69) is 15.3 Å². The van der Waals surface area contributed by atoms with E-state index in [1.807, 2.05) is 0 Å². The normalized spacial score (nSPS) is 13.3. The van der Waals surface area contributed by atoms with Crippen LogP contribution in [-0.2, 0) is 9.59 Å². The summed E-state index contributed by atoms with van der Waals surface area (Å²) in [5, 5.41) is 3.03. The average molecular weight is 319 g/mol. The molecule has 8 heteroatoms. The van der Waals surface area contributed by atoms with Crippen LogP contribution in [-0.4, -0.2) is 34.9 Å². The summed E-state index contributed by atoms with van der Waals surface area (Å²) in [5.41, 5.74) is 0.470. The zero-order valence-corrected chi connectivity index (χ0v) is 12.1. The molecule has 1 aliphatic rings. The van der Waals surface area contributed by atoms with Crippen LogP contribution >= 0.6 is 11.6 Å². The van der Waals surface area contributed by atoms with Crippen molar-refractivity contribution in [3.63, 3.8) is 0 Å². The maximum absolute atomic E-state index is 12.1. The molecule has 1 aromatic heterocycles. The number of halogens is 1. The number of ether oxygens (including phenoxy) is 1. The molecule has 0 aliphatic carbocycles. The van der Waals surface area contributed by atoms with E-state index >= 15 is 0 Å². The molecule has 1 aromatic carbocycles. The maximum atomic E-state index is 12.1. The van der Waals surface area contributed by atoms with Gasteiger partial charge in [-0.3, -0.25) is 19.5 Å². The monoisotopic (exact) mass is 318 g/mol. The Morgan fingerprint density at radius 2 is 2.27 bits per heavy atom. The third-order valence-corrected chi connectivity index (χ3v) is 3.23. The number of fused-ring (bicyclic) bond motifs is 1. The molecule has 2 amide bonds. The fraction of sp³-hybridized carbons (Fsp3) is 0.143. The molecule has 0 spiro atoms. The van der Waals surface area contributed by atoms with E-state index in [4.69, 9.17) is 16.3 Å². The van der Waals surface area contributed by atoms with Crippen LogP contribution in [0.4, 0.5) is 11.5 Å². The van der Waals surface area contributed by atoms with Crippen molar-refractivity contribution in [3.8, 4) is 5.75 Å². The minimum absolute atomic E-state index is 0.118. The number of aromatic nitrogens is 2. The van der Waals surface area contributed by atoms with Crippen molar-refractivity contribution in [2.45, 2.75) is 0 Å². The van der Waals surface area contributed by atoms with Gasteiger partial charge in [0.05, 0.1) is 11.9 Å². The fourth-order valence-electron chi connectivity index (χ4n) is 2.04. The number of rotatable bonds is 3. The quantitative estimate of drug-likeness (QED) is 0.927. The topological polar surface area (TPSA) is 84.4 Å². The van der Waals surface area contributed by atoms with Crippen LogP contribution in [0.3, 0.4) is 0 Å². The first-order chi connectivity index (χ1) is 10.6. The number of carbonyl (C=O) groups is 2. The summed E-state index contributed by atoms with van der Waals surface area (Å²) in [6, 6.07) is 4.91. The van der Waals surface area contributed by atoms with Gasteiger partial charge in [0, 0.05) is 17.4 Å². The van der Waals surface area contributed by atoms with Crippen molar-refractivity contribution in [2.75, 3.05) is 23.4 Å². The predicted molar refractivity (Wildman–Crippen MR) is 80.0 cm³/mol. The molecule has 22 heavy (non-hydrogen) atoms. The van der Waals surface area contributed by atoms with Gasteiger partial charge in [-0.25, -0.2) is 4.98 Å². The van der Waals surface area contributed by atoms with Crippen LogP contribution in [0.15, 0.2) is 36.8 Å². The zero-order chi connectivity index (χ0) is 15.5. The van der Waals surface area contributed by atoms with Gasteiger partial charge >= 0.3 is 0 Å². The summed E-state index contributed by atoms with van der Waals surface area (Å²) in [7, 11) is 0. The highest BCUT2D eigenvalue weighted by Crippen LogP contribution is 2.34. The second-order valence-electron chi connectivity index (χ2n) is 4.52. The van der Waals surface area contributed by atoms with E-state index in [9.17, 15) is 9.59 Å². The van der Waals surface area contributed by atoms with Gasteiger partial charge in [-0.2, -0.15) is 0 Å². The smallest absolute Gasteiger partial charge is 0.265 e. The van der Waals surface area contributed by atoms with E-state index in [0.29, 0.717) is 22.3 Å². The van der Waals surface area contributed by atoms with Crippen LogP contribution in [0.1, 0.15) is 0 Å². The summed E-state index contributed by atoms with van der Waals surface area (Å²) in [4.78, 5) is 33.2. The Kier molecular flexibility index (Phi) is 3.88. The highest BCUT2D eigenvalue weighted by atomic mass is 35.5. The molecule has 0 fully saturated rings. The Balaban J connectivity index is 1.78. The second-order valence-corrected chi connectivity index (χ2v) is 4.96. The second kappa shape index (κ2) is 5.98. The van der Waals surface area contributed by atoms with Crippen LogP contribution in [0.25, 0.3) is 0 Å². The predicted octanol–water partition coefficient (Wildman–Crippen LogP) is 1.49. The van der Waals surface area contributed by atoms with Crippen LogP contribution in [0.2, 0.25) is 5.02 Å². The van der Waals surface area contributed by atoms with E-state index in [1.165, 1.54) is 23.5 Å². The van der Waals surface area contributed by atoms with Gasteiger partial charge in [-0.15, -0.1) is 0 Å². The van der Waals surface area contributed by atoms with Crippen LogP contribution in [0, 0.1) is 0 Å². The third-order valence-electron chi connectivity index (χ3n) is 3.00. The molecule has 1 N–H and O–H groups in total. The van der Waals surface area contributed by atoms with Gasteiger partial charge < -0.3 is 10.1 Å². The van der Waals surface area contributed by atoms with Crippen molar-refractivity contribution in [1.82, 2.24) is 9.97 Å². The maximum Gasteiger partial charge on any atom is 0.265 e. The standard InChI is InChI=1S/C14H11ClN4O3/c15-9-1-2-11-10(5-9)19(14(21)8-22-11)7-13(20)18-12-6-16-3-4-17-12/h1-6H,7-8H2,(H,17,18,20). The third kappa shape index (κ3) is 2.99. The van der Waals surface area contributed by atoms with Gasteiger partial charge in [0.2, 0.25) is 5.91 Å². The van der Waals surface area contributed by atoms with E-state index < -0.39 is 0 Å². The lowest BCUT2D eigenvalue weighted by molar-refractivity contribution is -0.123. The molecule has 0 radical (unpaired) electrons. The summed E-state index contributed by atoms with van der Waals surface area (Å²) < 4.78 is 5.32. The van der Waals surface area contributed by atoms with E-state index in [-0.39, 0.29) is 25.0 Å². The van der Waals surface area contributed by atoms with Gasteiger partial charge in [-0.1, -0.05) is 11.6 Å². The number of hydrogen-bond donors (Lipinski definition) is 1. The molecule has 1 aliphatic heterocycles. The van der Waals surface area contributed by atoms with Crippen molar-refractivity contribution in [2.24, 2.45) is 0 Å². The van der Waals surface area contributed by atoms with Gasteiger partial charge in [0.15, 0.2) is 12.4 Å². The van der Waals surface area contributed by atoms with Crippen LogP contribution < -0.4 is 15.0 Å². The lowest BCUT2D eigenvalue weighted by atomic mass is 10.2. The SMILES string of the molecule is O=C(CN1C(=O)COc2ccc(Cl)cc21)Nc1cnccn1. The highest BCUT2D eigenvalue weighted by Gasteiger charge is 2.27. The first kappa shape index (κ1) is 14.3. The first-order valence-electron chi connectivity index (χ1n) is 6.42. The molecule has 7 nitrogen and oxygen atoms in total. The Bertz CT molecular complexity index is 723. The summed E-state index contributed by atoms with van der Waals surface area (Å²) in [6.07, 6.45) is 4.38. The number of amides is 2. The van der Waals surface area contributed by atoms with Crippen molar-refractivity contribution in [1.29, 1.82) is 0 Å². The average Bonchev–Trinajstić information content (AvgIpc) is 2.51. The first-order valence-corrected chi connectivity index (χ1v) is 6.80. The van der Waals surface area contributed by atoms with Gasteiger partial charge in [0.25, 0.3) is 5.91 Å². The Morgan fingerprint density at radius 3 is 3.05 bits per heavy atom. The summed E-state index contributed by atoms with van der Waals surface area (Å²) >= 11 is 5.94. The number of nitrogens with one attached hydrogen (secondary N) is 1. The van der Waals surface area contributed by atoms with Crippen molar-refractivity contribution >= 4 is 34.9 Å². The zero-order valence-electron chi connectivity index (χ0n) is 11.3. The molecule has 2 aromatic rings. The molecule has 0 saturated heterocycles. The molecular weight excluding hydrogens is 308 g/mol. The molecule has 3 rings (SSSR count). The van der Waals surface area contributed by atoms with E-state index in [1.54, 1.807) is 18.2 Å². The fourth-order valence-corrected chi connectivity index (χ4v) is 2.20. The number of nitrogens with zero attached hydrogens (tertiary/aromatic N) is 3. The Hall–Kier alpha value is -2.67. The number of anilines is 2. The molecule has 112 valence electrons. The summed E-state index contributed by atoms with van der Waals surface area (Å²) in [6.45, 7) is -0.279. The minimum atomic E-state index is -0.387. The lowest BCUT2D eigenvalue weighted by Gasteiger charge is -2.28. The largest absolute Gasteiger partial charge is 0.482 e. The van der Waals surface area contributed by atoms with Crippen molar-refractivity contribution < 1.29 is 14.3 Å². The minimum Gasteiger partial charge on any atom is -0.482 e. The number of hydrogen-bond acceptors (Lipinski definition) is 5. The molecule has 0 saturated carbocycles. The lowest BCUT2D eigenvalue weighted by Crippen LogP contribution is -2.43. The molecule has 0 unspecified atom stereocenters. The molecular formula is C14H11ClN4O3. The number of benzene rings is 1. The Morgan fingerprint density at radius 1 is 1.41 bits per heavy atom. The molecule has 0 atom stereocenters. The Labute approximate surface area is 130 Å². The number of carbonyl (C=O) groups excluding carboxylic acids is 2. The van der Waals surface area contributed by atoms with Crippen LogP contribution in [0.5, 0.6) is 5.75 Å². The summed E-state index contributed by atoms with van der Waals surface area (Å²) in [5.74, 6) is 0.126. The van der Waals surface area contributed by atoms with Gasteiger partial charge in [0.1, 0.15) is 12.3 Å². The van der Waals surface area contributed by atoms with Crippen molar-refractivity contribution in [3.05, 3.63) is 41.8 Å². The van der Waals surface area contributed by atoms with E-state index in [0.717, 1.165) is 0 Å².